The lowest BCUT2D eigenvalue weighted by Gasteiger charge is -2.46. The second kappa shape index (κ2) is 7.58. The SMILES string of the molecule is CCNC(COC)CN1CCC2C(CCCN2C)C1. The minimum atomic E-state index is 0.480. The third-order valence-electron chi connectivity index (χ3n) is 4.77. The highest BCUT2D eigenvalue weighted by Gasteiger charge is 2.34. The molecule has 112 valence electrons. The fraction of sp³-hybridized carbons (Fsp3) is 1.00. The first-order valence-corrected chi connectivity index (χ1v) is 7.89. The lowest BCUT2D eigenvalue weighted by molar-refractivity contribution is 0.0298. The Morgan fingerprint density at radius 1 is 1.32 bits per heavy atom. The number of nitrogens with zero attached hydrogens (tertiary/aromatic N) is 2. The third kappa shape index (κ3) is 4.15. The van der Waals surface area contributed by atoms with Gasteiger partial charge < -0.3 is 19.9 Å². The van der Waals surface area contributed by atoms with Crippen molar-refractivity contribution < 1.29 is 4.74 Å². The molecule has 0 aliphatic carbocycles. The van der Waals surface area contributed by atoms with Crippen LogP contribution in [0, 0.1) is 5.92 Å². The van der Waals surface area contributed by atoms with Crippen LogP contribution in [0.25, 0.3) is 0 Å². The van der Waals surface area contributed by atoms with E-state index >= 15 is 0 Å². The molecule has 2 saturated heterocycles. The third-order valence-corrected chi connectivity index (χ3v) is 4.77. The smallest absolute Gasteiger partial charge is 0.0628 e. The van der Waals surface area contributed by atoms with Crippen LogP contribution in [0.4, 0.5) is 0 Å². The molecule has 2 aliphatic rings. The molecule has 0 saturated carbocycles. The van der Waals surface area contributed by atoms with E-state index in [0.717, 1.165) is 31.7 Å². The molecule has 2 heterocycles. The Kier molecular flexibility index (Phi) is 6.07. The Hall–Kier alpha value is -0.160. The van der Waals surface area contributed by atoms with Crippen LogP contribution in [0.5, 0.6) is 0 Å². The van der Waals surface area contributed by atoms with Gasteiger partial charge >= 0.3 is 0 Å². The summed E-state index contributed by atoms with van der Waals surface area (Å²) in [6, 6.07) is 1.32. The number of likely N-dealkylation sites (tertiary alicyclic amines) is 2. The lowest BCUT2D eigenvalue weighted by Crippen LogP contribution is -2.55. The fourth-order valence-electron chi connectivity index (χ4n) is 3.87. The van der Waals surface area contributed by atoms with Crippen LogP contribution in [-0.4, -0.2) is 75.4 Å². The van der Waals surface area contributed by atoms with Crippen molar-refractivity contribution in [2.24, 2.45) is 5.92 Å². The van der Waals surface area contributed by atoms with E-state index in [4.69, 9.17) is 4.74 Å². The predicted octanol–water partition coefficient (Wildman–Crippen LogP) is 1.03. The van der Waals surface area contributed by atoms with E-state index in [2.05, 4.69) is 29.1 Å². The number of piperidine rings is 2. The van der Waals surface area contributed by atoms with Gasteiger partial charge in [-0.2, -0.15) is 0 Å². The molecule has 4 heteroatoms. The summed E-state index contributed by atoms with van der Waals surface area (Å²) in [5, 5.41) is 3.53. The first kappa shape index (κ1) is 15.2. The second-order valence-corrected chi connectivity index (χ2v) is 6.21. The second-order valence-electron chi connectivity index (χ2n) is 6.21. The van der Waals surface area contributed by atoms with Gasteiger partial charge in [0, 0.05) is 32.3 Å². The number of fused-ring (bicyclic) bond motifs is 1. The van der Waals surface area contributed by atoms with Gasteiger partial charge in [0.2, 0.25) is 0 Å². The maximum Gasteiger partial charge on any atom is 0.0628 e. The van der Waals surface area contributed by atoms with Gasteiger partial charge in [-0.15, -0.1) is 0 Å². The molecule has 0 bridgehead atoms. The van der Waals surface area contributed by atoms with Gasteiger partial charge in [0.25, 0.3) is 0 Å². The Balaban J connectivity index is 1.82. The van der Waals surface area contributed by atoms with Crippen LogP contribution < -0.4 is 5.32 Å². The molecule has 4 nitrogen and oxygen atoms in total. The van der Waals surface area contributed by atoms with Crippen molar-refractivity contribution in [1.29, 1.82) is 0 Å². The molecule has 0 radical (unpaired) electrons. The van der Waals surface area contributed by atoms with Crippen molar-refractivity contribution in [3.05, 3.63) is 0 Å². The minimum Gasteiger partial charge on any atom is -0.383 e. The predicted molar refractivity (Wildman–Crippen MR) is 79.5 cm³/mol. The average molecular weight is 269 g/mol. The summed E-state index contributed by atoms with van der Waals surface area (Å²) >= 11 is 0. The summed E-state index contributed by atoms with van der Waals surface area (Å²) in [6.45, 7) is 8.97. The summed E-state index contributed by atoms with van der Waals surface area (Å²) in [6.07, 6.45) is 4.13. The highest BCUT2D eigenvalue weighted by molar-refractivity contribution is 4.90. The monoisotopic (exact) mass is 269 g/mol. The van der Waals surface area contributed by atoms with Crippen LogP contribution in [0.15, 0.2) is 0 Å². The van der Waals surface area contributed by atoms with E-state index in [1.54, 1.807) is 7.11 Å². The van der Waals surface area contributed by atoms with Gasteiger partial charge in [0.05, 0.1) is 6.61 Å². The molecule has 1 N–H and O–H groups in total. The molecule has 2 fully saturated rings. The molecule has 3 unspecified atom stereocenters. The minimum absolute atomic E-state index is 0.480. The summed E-state index contributed by atoms with van der Waals surface area (Å²) in [4.78, 5) is 5.23. The van der Waals surface area contributed by atoms with Gasteiger partial charge in [-0.25, -0.2) is 0 Å². The van der Waals surface area contributed by atoms with Gasteiger partial charge in [0.1, 0.15) is 0 Å². The van der Waals surface area contributed by atoms with E-state index in [1.165, 1.54) is 38.9 Å². The molecule has 19 heavy (non-hydrogen) atoms. The van der Waals surface area contributed by atoms with Crippen molar-refractivity contribution in [2.45, 2.75) is 38.3 Å². The van der Waals surface area contributed by atoms with Crippen molar-refractivity contribution >= 4 is 0 Å². The summed E-state index contributed by atoms with van der Waals surface area (Å²) in [5.41, 5.74) is 0. The normalized spacial score (nSPS) is 31.1. The van der Waals surface area contributed by atoms with E-state index in [1.807, 2.05) is 0 Å². The Labute approximate surface area is 118 Å². The Morgan fingerprint density at radius 3 is 2.89 bits per heavy atom. The zero-order valence-electron chi connectivity index (χ0n) is 12.9. The van der Waals surface area contributed by atoms with Crippen LogP contribution in [0.2, 0.25) is 0 Å². The first-order chi connectivity index (χ1) is 9.24. The number of rotatable bonds is 6. The average Bonchev–Trinajstić information content (AvgIpc) is 2.39. The van der Waals surface area contributed by atoms with Gasteiger partial charge in [-0.1, -0.05) is 6.92 Å². The molecular formula is C15H31N3O. The molecular weight excluding hydrogens is 238 g/mol. The van der Waals surface area contributed by atoms with E-state index in [0.29, 0.717) is 6.04 Å². The van der Waals surface area contributed by atoms with Crippen LogP contribution in [0.3, 0.4) is 0 Å². The molecule has 0 aromatic rings. The number of hydrogen-bond donors (Lipinski definition) is 1. The molecule has 0 aromatic heterocycles. The standard InChI is InChI=1S/C15H31N3O/c1-4-16-14(12-19-3)11-18-9-7-15-13(10-18)6-5-8-17(15)2/h13-16H,4-12H2,1-3H3. The van der Waals surface area contributed by atoms with Gasteiger partial charge in [-0.3, -0.25) is 0 Å². The van der Waals surface area contributed by atoms with Crippen molar-refractivity contribution in [1.82, 2.24) is 15.1 Å². The maximum absolute atomic E-state index is 5.32. The summed E-state index contributed by atoms with van der Waals surface area (Å²) < 4.78 is 5.32. The highest BCUT2D eigenvalue weighted by Crippen LogP contribution is 2.29. The van der Waals surface area contributed by atoms with Gasteiger partial charge in [0.15, 0.2) is 0 Å². The summed E-state index contributed by atoms with van der Waals surface area (Å²) in [5.74, 6) is 0.886. The molecule has 0 amide bonds. The molecule has 0 spiro atoms. The first-order valence-electron chi connectivity index (χ1n) is 7.89. The number of likely N-dealkylation sites (N-methyl/N-ethyl adjacent to an activating group) is 1. The molecule has 2 aliphatic heterocycles. The highest BCUT2D eigenvalue weighted by atomic mass is 16.5. The largest absolute Gasteiger partial charge is 0.383 e. The quantitative estimate of drug-likeness (QED) is 0.779. The van der Waals surface area contributed by atoms with Crippen molar-refractivity contribution in [3.63, 3.8) is 0 Å². The number of nitrogens with one attached hydrogen (secondary N) is 1. The Morgan fingerprint density at radius 2 is 2.16 bits per heavy atom. The zero-order chi connectivity index (χ0) is 13.7. The topological polar surface area (TPSA) is 27.7 Å². The van der Waals surface area contributed by atoms with E-state index in [9.17, 15) is 0 Å². The lowest BCUT2D eigenvalue weighted by atomic mass is 9.84. The van der Waals surface area contributed by atoms with Crippen molar-refractivity contribution in [2.75, 3.05) is 53.5 Å². The molecule has 3 atom stereocenters. The zero-order valence-corrected chi connectivity index (χ0v) is 12.9. The number of ether oxygens (including phenoxy) is 1. The Bertz CT molecular complexity index is 254. The van der Waals surface area contributed by atoms with Crippen molar-refractivity contribution in [3.8, 4) is 0 Å². The van der Waals surface area contributed by atoms with Gasteiger partial charge in [-0.05, 0) is 51.9 Å². The molecule has 0 aromatic carbocycles. The van der Waals surface area contributed by atoms with Crippen LogP contribution in [0.1, 0.15) is 26.2 Å². The van der Waals surface area contributed by atoms with Crippen LogP contribution >= 0.6 is 0 Å². The number of hydrogen-bond acceptors (Lipinski definition) is 4. The van der Waals surface area contributed by atoms with Crippen LogP contribution in [-0.2, 0) is 4.74 Å². The summed E-state index contributed by atoms with van der Waals surface area (Å²) in [7, 11) is 4.10. The van der Waals surface area contributed by atoms with E-state index in [-0.39, 0.29) is 0 Å². The molecule has 2 rings (SSSR count). The fourth-order valence-corrected chi connectivity index (χ4v) is 3.87. The van der Waals surface area contributed by atoms with E-state index < -0.39 is 0 Å². The maximum atomic E-state index is 5.32. The number of methoxy groups -OCH3 is 1.